The van der Waals surface area contributed by atoms with Gasteiger partial charge in [-0.3, -0.25) is 14.5 Å². The van der Waals surface area contributed by atoms with E-state index < -0.39 is 23.8 Å². The molecule has 3 heterocycles. The summed E-state index contributed by atoms with van der Waals surface area (Å²) in [7, 11) is 1.23. The van der Waals surface area contributed by atoms with Crippen molar-refractivity contribution in [3.8, 4) is 0 Å². The fourth-order valence-electron chi connectivity index (χ4n) is 3.46. The highest BCUT2D eigenvalue weighted by molar-refractivity contribution is 6.22. The Kier molecular flexibility index (Phi) is 5.37. The van der Waals surface area contributed by atoms with Gasteiger partial charge in [0.05, 0.1) is 36.4 Å². The molecule has 9 heteroatoms. The van der Waals surface area contributed by atoms with Crippen molar-refractivity contribution < 1.29 is 37.8 Å². The van der Waals surface area contributed by atoms with Crippen molar-refractivity contribution in [1.29, 1.82) is 0 Å². The van der Waals surface area contributed by atoms with Gasteiger partial charge in [0.1, 0.15) is 12.4 Å². The van der Waals surface area contributed by atoms with E-state index >= 15 is 0 Å². The number of hydrogen-bond donors (Lipinski definition) is 0. The van der Waals surface area contributed by atoms with Gasteiger partial charge in [-0.15, -0.1) is 0 Å². The lowest BCUT2D eigenvalue weighted by Gasteiger charge is -2.17. The van der Waals surface area contributed by atoms with Crippen LogP contribution >= 0.6 is 0 Å². The third-order valence-corrected chi connectivity index (χ3v) is 5.01. The van der Waals surface area contributed by atoms with Gasteiger partial charge in [-0.25, -0.2) is 9.59 Å². The SMILES string of the molecule is COC(=O)c1ccc(COC(=O)c2ccc3c(c2)C(=O)N(CC2CCCO2)C3=O)o1. The van der Waals surface area contributed by atoms with E-state index in [2.05, 4.69) is 4.74 Å². The molecule has 30 heavy (non-hydrogen) atoms. The van der Waals surface area contributed by atoms with Gasteiger partial charge in [-0.2, -0.15) is 0 Å². The molecular weight excluding hydrogens is 394 g/mol. The summed E-state index contributed by atoms with van der Waals surface area (Å²) in [5.74, 6) is -1.91. The Morgan fingerprint density at radius 2 is 1.90 bits per heavy atom. The number of hydrogen-bond acceptors (Lipinski definition) is 8. The smallest absolute Gasteiger partial charge is 0.373 e. The van der Waals surface area contributed by atoms with Crippen LogP contribution in [-0.4, -0.2) is 55.0 Å². The zero-order valence-electron chi connectivity index (χ0n) is 16.2. The minimum atomic E-state index is -0.688. The number of benzene rings is 1. The van der Waals surface area contributed by atoms with Gasteiger partial charge < -0.3 is 18.6 Å². The fourth-order valence-corrected chi connectivity index (χ4v) is 3.46. The molecule has 2 aromatic rings. The average Bonchev–Trinajstić information content (AvgIpc) is 3.49. The molecule has 2 aliphatic heterocycles. The molecule has 0 bridgehead atoms. The van der Waals surface area contributed by atoms with Crippen molar-refractivity contribution >= 4 is 23.8 Å². The molecule has 0 spiro atoms. The largest absolute Gasteiger partial charge is 0.463 e. The summed E-state index contributed by atoms with van der Waals surface area (Å²) < 4.78 is 20.5. The average molecular weight is 413 g/mol. The Labute approximate surface area is 171 Å². The Hall–Kier alpha value is -3.46. The molecule has 1 aromatic heterocycles. The first-order valence-corrected chi connectivity index (χ1v) is 9.44. The van der Waals surface area contributed by atoms with Crippen molar-refractivity contribution in [2.75, 3.05) is 20.3 Å². The summed E-state index contributed by atoms with van der Waals surface area (Å²) in [6.45, 7) is 0.624. The minimum Gasteiger partial charge on any atom is -0.463 e. The minimum absolute atomic E-state index is 0.00322. The second-order valence-electron chi connectivity index (χ2n) is 6.95. The van der Waals surface area contributed by atoms with E-state index in [0.717, 1.165) is 17.7 Å². The molecule has 1 saturated heterocycles. The predicted octanol–water partition coefficient (Wildman–Crippen LogP) is 2.20. The molecule has 0 radical (unpaired) electrons. The van der Waals surface area contributed by atoms with Crippen LogP contribution in [0.15, 0.2) is 34.7 Å². The molecule has 2 aliphatic rings. The lowest BCUT2D eigenvalue weighted by Crippen LogP contribution is -2.36. The van der Waals surface area contributed by atoms with Crippen LogP contribution in [0.25, 0.3) is 0 Å². The molecule has 1 aromatic carbocycles. The van der Waals surface area contributed by atoms with E-state index in [1.165, 1.54) is 37.4 Å². The number of fused-ring (bicyclic) bond motifs is 1. The highest BCUT2D eigenvalue weighted by Crippen LogP contribution is 2.26. The second-order valence-corrected chi connectivity index (χ2v) is 6.95. The van der Waals surface area contributed by atoms with Crippen molar-refractivity contribution in [2.45, 2.75) is 25.6 Å². The van der Waals surface area contributed by atoms with Crippen LogP contribution < -0.4 is 0 Å². The first-order valence-electron chi connectivity index (χ1n) is 9.44. The standard InChI is InChI=1S/C21H19NO8/c1-27-21(26)17-7-5-14(30-17)11-29-20(25)12-4-6-15-16(9-12)19(24)22(18(15)23)10-13-3-2-8-28-13/h4-7,9,13H,2-3,8,10-11H2,1H3. The Bertz CT molecular complexity index is 1020. The highest BCUT2D eigenvalue weighted by atomic mass is 16.6. The number of furan rings is 1. The number of carbonyl (C=O) groups is 4. The Balaban J connectivity index is 1.43. The quantitative estimate of drug-likeness (QED) is 0.523. The third-order valence-electron chi connectivity index (χ3n) is 5.01. The summed E-state index contributed by atoms with van der Waals surface area (Å²) in [5, 5.41) is 0. The molecule has 4 rings (SSSR count). The first-order chi connectivity index (χ1) is 14.5. The topological polar surface area (TPSA) is 112 Å². The van der Waals surface area contributed by atoms with Crippen LogP contribution in [-0.2, 0) is 20.8 Å². The number of nitrogens with zero attached hydrogens (tertiary/aromatic N) is 1. The summed E-state index contributed by atoms with van der Waals surface area (Å²) >= 11 is 0. The van der Waals surface area contributed by atoms with Crippen molar-refractivity contribution in [2.24, 2.45) is 0 Å². The number of rotatable bonds is 6. The number of esters is 2. The van der Waals surface area contributed by atoms with Crippen molar-refractivity contribution in [1.82, 2.24) is 4.90 Å². The highest BCUT2D eigenvalue weighted by Gasteiger charge is 2.38. The monoisotopic (exact) mass is 413 g/mol. The van der Waals surface area contributed by atoms with E-state index in [9.17, 15) is 19.2 Å². The summed E-state index contributed by atoms with van der Waals surface area (Å²) in [6.07, 6.45) is 1.55. The van der Waals surface area contributed by atoms with Crippen LogP contribution in [0.4, 0.5) is 0 Å². The van der Waals surface area contributed by atoms with Gasteiger partial charge in [-0.1, -0.05) is 0 Å². The van der Waals surface area contributed by atoms with Gasteiger partial charge in [0.15, 0.2) is 0 Å². The molecule has 0 N–H and O–H groups in total. The van der Waals surface area contributed by atoms with Gasteiger partial charge in [0.2, 0.25) is 5.76 Å². The molecule has 0 saturated carbocycles. The van der Waals surface area contributed by atoms with Gasteiger partial charge >= 0.3 is 11.9 Å². The van der Waals surface area contributed by atoms with Crippen LogP contribution in [0.5, 0.6) is 0 Å². The lowest BCUT2D eigenvalue weighted by molar-refractivity contribution is 0.0437. The van der Waals surface area contributed by atoms with Crippen molar-refractivity contribution in [3.05, 3.63) is 58.5 Å². The van der Waals surface area contributed by atoms with E-state index in [0.29, 0.717) is 6.61 Å². The maximum Gasteiger partial charge on any atom is 0.373 e. The molecule has 0 aliphatic carbocycles. The third kappa shape index (κ3) is 3.71. The van der Waals surface area contributed by atoms with E-state index in [-0.39, 0.29) is 47.5 Å². The molecule has 2 amide bonds. The number of ether oxygens (including phenoxy) is 3. The summed E-state index contributed by atoms with van der Waals surface area (Å²) in [4.78, 5) is 50.2. The summed E-state index contributed by atoms with van der Waals surface area (Å²) in [5.41, 5.74) is 0.551. The van der Waals surface area contributed by atoms with E-state index in [4.69, 9.17) is 13.9 Å². The van der Waals surface area contributed by atoms with Gasteiger partial charge in [0, 0.05) is 6.61 Å². The molecule has 1 unspecified atom stereocenters. The molecule has 9 nitrogen and oxygen atoms in total. The molecular formula is C21H19NO8. The summed E-state index contributed by atoms with van der Waals surface area (Å²) in [6, 6.07) is 7.15. The van der Waals surface area contributed by atoms with E-state index in [1.54, 1.807) is 0 Å². The zero-order valence-corrected chi connectivity index (χ0v) is 16.2. The number of amides is 2. The number of carbonyl (C=O) groups excluding carboxylic acids is 4. The lowest BCUT2D eigenvalue weighted by atomic mass is 10.1. The molecule has 1 fully saturated rings. The van der Waals surface area contributed by atoms with Gasteiger partial charge in [-0.05, 0) is 43.2 Å². The predicted molar refractivity (Wildman–Crippen MR) is 100.0 cm³/mol. The molecule has 1 atom stereocenters. The Morgan fingerprint density at radius 3 is 2.63 bits per heavy atom. The maximum atomic E-state index is 12.7. The maximum absolute atomic E-state index is 12.7. The number of methoxy groups -OCH3 is 1. The van der Waals surface area contributed by atoms with Crippen molar-refractivity contribution in [3.63, 3.8) is 0 Å². The van der Waals surface area contributed by atoms with Crippen LogP contribution in [0.3, 0.4) is 0 Å². The first kappa shape index (κ1) is 19.8. The normalized spacial score (nSPS) is 17.9. The van der Waals surface area contributed by atoms with Crippen LogP contribution in [0, 0.1) is 0 Å². The molecule has 156 valence electrons. The van der Waals surface area contributed by atoms with Crippen LogP contribution in [0.2, 0.25) is 0 Å². The number of imide groups is 1. The van der Waals surface area contributed by atoms with Crippen LogP contribution in [0.1, 0.15) is 60.2 Å². The zero-order chi connectivity index (χ0) is 21.3. The van der Waals surface area contributed by atoms with E-state index in [1.807, 2.05) is 0 Å². The fraction of sp³-hybridized carbons (Fsp3) is 0.333. The van der Waals surface area contributed by atoms with Gasteiger partial charge in [0.25, 0.3) is 11.8 Å². The second kappa shape index (κ2) is 8.11. The Morgan fingerprint density at radius 1 is 1.10 bits per heavy atom.